The predicted octanol–water partition coefficient (Wildman–Crippen LogP) is 4.36. The first-order chi connectivity index (χ1) is 14.9. The van der Waals surface area contributed by atoms with Gasteiger partial charge < -0.3 is 20.5 Å². The van der Waals surface area contributed by atoms with E-state index in [4.69, 9.17) is 16.3 Å². The fourth-order valence-electron chi connectivity index (χ4n) is 4.29. The van der Waals surface area contributed by atoms with Crippen LogP contribution in [-0.2, 0) is 15.0 Å². The van der Waals surface area contributed by atoms with E-state index in [-0.39, 0.29) is 17.2 Å². The van der Waals surface area contributed by atoms with E-state index in [2.05, 4.69) is 10.6 Å². The number of para-hydroxylation sites is 1. The summed E-state index contributed by atoms with van der Waals surface area (Å²) in [5.41, 5.74) is 0.986. The lowest BCUT2D eigenvalue weighted by Crippen LogP contribution is -2.42. The molecule has 3 heterocycles. The van der Waals surface area contributed by atoms with Crippen molar-refractivity contribution in [2.75, 3.05) is 17.7 Å². The van der Waals surface area contributed by atoms with Crippen molar-refractivity contribution in [3.05, 3.63) is 62.8 Å². The van der Waals surface area contributed by atoms with Crippen molar-refractivity contribution >= 4 is 52.1 Å². The topological polar surface area (TPSA) is 105 Å². The Balaban J connectivity index is 1.82. The Hall–Kier alpha value is -3.36. The number of rotatable bonds is 3. The van der Waals surface area contributed by atoms with Gasteiger partial charge in [-0.15, -0.1) is 11.3 Å². The van der Waals surface area contributed by atoms with Crippen LogP contribution >= 0.6 is 22.9 Å². The second-order valence-electron chi connectivity index (χ2n) is 7.29. The maximum Gasteiger partial charge on any atom is 0.346 e. The molecule has 1 aromatic heterocycles. The minimum absolute atomic E-state index is 0.0417. The average Bonchev–Trinajstić information content (AvgIpc) is 3.26. The summed E-state index contributed by atoms with van der Waals surface area (Å²) < 4.78 is 5.19. The van der Waals surface area contributed by atoms with Gasteiger partial charge in [-0.2, -0.15) is 0 Å². The third-order valence-electron chi connectivity index (χ3n) is 5.66. The molecular formula is C22H15ClN2O5S. The maximum absolute atomic E-state index is 13.3. The maximum atomic E-state index is 13.3. The number of ether oxygens (including phenoxy) is 1. The van der Waals surface area contributed by atoms with Gasteiger partial charge in [0.05, 0.1) is 34.8 Å². The van der Waals surface area contributed by atoms with Crippen molar-refractivity contribution in [2.24, 2.45) is 0 Å². The minimum Gasteiger partial charge on any atom is -0.497 e. The second-order valence-corrected chi connectivity index (χ2v) is 8.72. The lowest BCUT2D eigenvalue weighted by molar-refractivity contribution is -0.125. The van der Waals surface area contributed by atoms with E-state index in [9.17, 15) is 19.5 Å². The fraction of sp³-hybridized carbons (Fsp3) is 0.136. The summed E-state index contributed by atoms with van der Waals surface area (Å²) in [6.07, 6.45) is -0.138. The SMILES string of the molecule is COc1ccc(-c2c(C(=O)O)sc3c2NC(=O)C[C@@]32C(=O)Nc3c(Cl)cccc32)cc1. The van der Waals surface area contributed by atoms with Gasteiger partial charge in [0, 0.05) is 5.56 Å². The highest BCUT2D eigenvalue weighted by Crippen LogP contribution is 2.57. The first-order valence-corrected chi connectivity index (χ1v) is 10.5. The third-order valence-corrected chi connectivity index (χ3v) is 7.31. The van der Waals surface area contributed by atoms with E-state index in [0.717, 1.165) is 11.3 Å². The lowest BCUT2D eigenvalue weighted by atomic mass is 9.74. The van der Waals surface area contributed by atoms with Crippen LogP contribution in [0, 0.1) is 0 Å². The number of carbonyl (C=O) groups is 3. The van der Waals surface area contributed by atoms with Crippen LogP contribution in [0.3, 0.4) is 0 Å². The van der Waals surface area contributed by atoms with Crippen molar-refractivity contribution in [1.29, 1.82) is 0 Å². The number of hydrogen-bond donors (Lipinski definition) is 3. The van der Waals surface area contributed by atoms with Crippen molar-refractivity contribution < 1.29 is 24.2 Å². The molecule has 2 aliphatic rings. The van der Waals surface area contributed by atoms with Gasteiger partial charge in [-0.25, -0.2) is 4.79 Å². The molecule has 3 N–H and O–H groups in total. The van der Waals surface area contributed by atoms with Gasteiger partial charge in [-0.3, -0.25) is 9.59 Å². The number of anilines is 2. The summed E-state index contributed by atoms with van der Waals surface area (Å²) in [5, 5.41) is 15.9. The van der Waals surface area contributed by atoms with Crippen LogP contribution in [-0.4, -0.2) is 30.0 Å². The van der Waals surface area contributed by atoms with Gasteiger partial charge >= 0.3 is 5.97 Å². The Morgan fingerprint density at radius 3 is 2.55 bits per heavy atom. The van der Waals surface area contributed by atoms with E-state index in [0.29, 0.717) is 43.7 Å². The van der Waals surface area contributed by atoms with Crippen LogP contribution in [0.5, 0.6) is 5.75 Å². The van der Waals surface area contributed by atoms with Gasteiger partial charge in [0.2, 0.25) is 11.8 Å². The van der Waals surface area contributed by atoms with Crippen LogP contribution in [0.4, 0.5) is 11.4 Å². The zero-order valence-electron chi connectivity index (χ0n) is 16.1. The molecule has 5 rings (SSSR count). The third kappa shape index (κ3) is 2.68. The second kappa shape index (κ2) is 6.83. The lowest BCUT2D eigenvalue weighted by Gasteiger charge is -2.31. The molecule has 0 radical (unpaired) electrons. The molecule has 1 atom stereocenters. The summed E-state index contributed by atoms with van der Waals surface area (Å²) in [5.74, 6) is -1.30. The monoisotopic (exact) mass is 454 g/mol. The van der Waals surface area contributed by atoms with Gasteiger partial charge in [-0.1, -0.05) is 35.9 Å². The van der Waals surface area contributed by atoms with E-state index in [1.165, 1.54) is 7.11 Å². The van der Waals surface area contributed by atoms with Crippen LogP contribution < -0.4 is 15.4 Å². The number of carboxylic acid groups (broad SMARTS) is 1. The summed E-state index contributed by atoms with van der Waals surface area (Å²) in [4.78, 5) is 38.8. The van der Waals surface area contributed by atoms with Crippen LogP contribution in [0.1, 0.15) is 26.5 Å². The fourth-order valence-corrected chi connectivity index (χ4v) is 5.83. The minimum atomic E-state index is -1.34. The van der Waals surface area contributed by atoms with Crippen LogP contribution in [0.15, 0.2) is 42.5 Å². The zero-order chi connectivity index (χ0) is 21.9. The van der Waals surface area contributed by atoms with Crippen molar-refractivity contribution in [1.82, 2.24) is 0 Å². The molecule has 2 aliphatic heterocycles. The molecule has 7 nitrogen and oxygen atoms in total. The molecule has 0 fully saturated rings. The molecule has 2 aromatic carbocycles. The highest BCUT2D eigenvalue weighted by molar-refractivity contribution is 7.15. The largest absolute Gasteiger partial charge is 0.497 e. The van der Waals surface area contributed by atoms with Gasteiger partial charge in [0.15, 0.2) is 0 Å². The van der Waals surface area contributed by atoms with E-state index >= 15 is 0 Å². The van der Waals surface area contributed by atoms with Crippen molar-refractivity contribution in [2.45, 2.75) is 11.8 Å². The highest BCUT2D eigenvalue weighted by atomic mass is 35.5. The predicted molar refractivity (Wildman–Crippen MR) is 117 cm³/mol. The smallest absolute Gasteiger partial charge is 0.346 e. The van der Waals surface area contributed by atoms with Crippen LogP contribution in [0.25, 0.3) is 11.1 Å². The summed E-state index contributed by atoms with van der Waals surface area (Å²) in [7, 11) is 1.54. The van der Waals surface area contributed by atoms with Crippen LogP contribution in [0.2, 0.25) is 5.02 Å². The number of thiophene rings is 1. The molecule has 31 heavy (non-hydrogen) atoms. The number of halogens is 1. The Morgan fingerprint density at radius 1 is 1.13 bits per heavy atom. The standard InChI is InChI=1S/C22H15ClN2O5S/c1-30-11-7-5-10(6-8-11)15-17-19(31-18(15)20(27)28)22(9-14(26)24-17)12-3-2-4-13(23)16(12)25-21(22)29/h2-8H,9H2,1H3,(H,24,26)(H,25,29)(H,27,28)/t22-/m0/s1. The number of fused-ring (bicyclic) bond motifs is 4. The van der Waals surface area contributed by atoms with E-state index in [1.54, 1.807) is 42.5 Å². The number of carbonyl (C=O) groups excluding carboxylic acids is 2. The normalized spacial score (nSPS) is 18.9. The number of aromatic carboxylic acids is 1. The molecule has 0 saturated carbocycles. The highest BCUT2D eigenvalue weighted by Gasteiger charge is 2.55. The van der Waals surface area contributed by atoms with Crippen molar-refractivity contribution in [3.8, 4) is 16.9 Å². The molecule has 0 unspecified atom stereocenters. The first-order valence-electron chi connectivity index (χ1n) is 9.32. The zero-order valence-corrected chi connectivity index (χ0v) is 17.7. The summed E-state index contributed by atoms with van der Waals surface area (Å²) >= 11 is 7.29. The number of carboxylic acids is 1. The van der Waals surface area contributed by atoms with E-state index in [1.807, 2.05) is 0 Å². The molecule has 156 valence electrons. The summed E-state index contributed by atoms with van der Waals surface area (Å²) in [6.45, 7) is 0. The Bertz CT molecular complexity index is 1280. The molecular weight excluding hydrogens is 440 g/mol. The average molecular weight is 455 g/mol. The quantitative estimate of drug-likeness (QED) is 0.545. The Morgan fingerprint density at radius 2 is 1.87 bits per heavy atom. The first kappa shape index (κ1) is 19.6. The Kier molecular flexibility index (Phi) is 4.32. The molecule has 0 saturated heterocycles. The number of methoxy groups -OCH3 is 1. The number of amides is 2. The van der Waals surface area contributed by atoms with Gasteiger partial charge in [0.1, 0.15) is 16.0 Å². The molecule has 2 amide bonds. The molecule has 9 heteroatoms. The molecule has 0 bridgehead atoms. The van der Waals surface area contributed by atoms with Gasteiger partial charge in [0.25, 0.3) is 0 Å². The van der Waals surface area contributed by atoms with E-state index < -0.39 is 17.3 Å². The summed E-state index contributed by atoms with van der Waals surface area (Å²) in [6, 6.07) is 12.0. The molecule has 0 aliphatic carbocycles. The number of benzene rings is 2. The number of hydrogen-bond acceptors (Lipinski definition) is 5. The Labute approximate surface area is 185 Å². The van der Waals surface area contributed by atoms with Gasteiger partial charge in [-0.05, 0) is 29.3 Å². The number of nitrogens with one attached hydrogen (secondary N) is 2. The molecule has 1 spiro atoms. The molecule has 3 aromatic rings. The van der Waals surface area contributed by atoms with Crippen molar-refractivity contribution in [3.63, 3.8) is 0 Å².